The number of nitrogens with two attached hydrogens (primary N) is 2. The predicted molar refractivity (Wildman–Crippen MR) is 85.5 cm³/mol. The van der Waals surface area contributed by atoms with E-state index in [1.54, 1.807) is 0 Å². The topological polar surface area (TPSA) is 129 Å². The van der Waals surface area contributed by atoms with Gasteiger partial charge in [-0.3, -0.25) is 4.99 Å². The lowest BCUT2D eigenvalue weighted by Gasteiger charge is -2.16. The van der Waals surface area contributed by atoms with E-state index in [0.717, 1.165) is 5.56 Å². The second-order valence-electron chi connectivity index (χ2n) is 4.73. The number of hydrogen-bond donors (Lipinski definition) is 3. The highest BCUT2D eigenvalue weighted by Crippen LogP contribution is 2.03. The van der Waals surface area contributed by atoms with Crippen molar-refractivity contribution in [3.8, 4) is 0 Å². The Morgan fingerprint density at radius 1 is 1.26 bits per heavy atom. The molecule has 0 aliphatic heterocycles. The van der Waals surface area contributed by atoms with Crippen molar-refractivity contribution >= 4 is 18.0 Å². The van der Waals surface area contributed by atoms with Gasteiger partial charge in [-0.15, -0.1) is 0 Å². The number of nitrogens with zero attached hydrogens (tertiary/aromatic N) is 1. The van der Waals surface area contributed by atoms with Gasteiger partial charge in [-0.25, -0.2) is 9.59 Å². The molecule has 8 heteroatoms. The molecular formula is C15H22N4O4. The number of carbonyl (C=O) groups is 2. The zero-order chi connectivity index (χ0) is 17.1. The van der Waals surface area contributed by atoms with Gasteiger partial charge in [0.1, 0.15) is 12.6 Å². The van der Waals surface area contributed by atoms with Crippen LogP contribution in [0.2, 0.25) is 0 Å². The van der Waals surface area contributed by atoms with Crippen molar-refractivity contribution in [3.63, 3.8) is 0 Å². The van der Waals surface area contributed by atoms with Crippen molar-refractivity contribution in [2.24, 2.45) is 16.5 Å². The first-order valence-electron chi connectivity index (χ1n) is 7.13. The molecule has 5 N–H and O–H groups in total. The van der Waals surface area contributed by atoms with Crippen molar-refractivity contribution in [1.29, 1.82) is 0 Å². The fraction of sp³-hybridized carbons (Fsp3) is 0.400. The quantitative estimate of drug-likeness (QED) is 0.277. The molecule has 8 nitrogen and oxygen atoms in total. The van der Waals surface area contributed by atoms with Crippen LogP contribution in [-0.4, -0.2) is 37.7 Å². The van der Waals surface area contributed by atoms with Crippen LogP contribution in [0.4, 0.5) is 4.79 Å². The molecule has 0 heterocycles. The Kier molecular flexibility index (Phi) is 7.98. The van der Waals surface area contributed by atoms with Crippen LogP contribution in [0.1, 0.15) is 18.4 Å². The van der Waals surface area contributed by atoms with Crippen molar-refractivity contribution in [1.82, 2.24) is 5.32 Å². The molecule has 1 atom stereocenters. The third-order valence-corrected chi connectivity index (χ3v) is 2.94. The molecule has 1 rings (SSSR count). The number of benzene rings is 1. The molecule has 0 fully saturated rings. The van der Waals surface area contributed by atoms with Crippen molar-refractivity contribution in [3.05, 3.63) is 35.9 Å². The lowest BCUT2D eigenvalue weighted by Crippen LogP contribution is -2.41. The smallest absolute Gasteiger partial charge is 0.408 e. The zero-order valence-electron chi connectivity index (χ0n) is 13.0. The normalized spacial score (nSPS) is 11.2. The summed E-state index contributed by atoms with van der Waals surface area (Å²) in [6.07, 6.45) is 0.159. The third-order valence-electron chi connectivity index (χ3n) is 2.94. The van der Waals surface area contributed by atoms with E-state index in [-0.39, 0.29) is 12.6 Å². The van der Waals surface area contributed by atoms with Gasteiger partial charge in [0.05, 0.1) is 7.11 Å². The predicted octanol–water partition coefficient (Wildman–Crippen LogP) is 0.508. The minimum Gasteiger partial charge on any atom is -0.467 e. The summed E-state index contributed by atoms with van der Waals surface area (Å²) >= 11 is 0. The number of esters is 1. The summed E-state index contributed by atoms with van der Waals surface area (Å²) < 4.78 is 9.73. The molecule has 0 aliphatic rings. The van der Waals surface area contributed by atoms with Crippen LogP contribution in [0.25, 0.3) is 0 Å². The molecule has 0 aliphatic carbocycles. The molecule has 1 amide bonds. The maximum atomic E-state index is 11.8. The van der Waals surface area contributed by atoms with Gasteiger partial charge in [0.15, 0.2) is 5.96 Å². The number of rotatable bonds is 8. The van der Waals surface area contributed by atoms with Gasteiger partial charge < -0.3 is 26.3 Å². The van der Waals surface area contributed by atoms with E-state index >= 15 is 0 Å². The monoisotopic (exact) mass is 322 g/mol. The lowest BCUT2D eigenvalue weighted by atomic mass is 10.1. The lowest BCUT2D eigenvalue weighted by molar-refractivity contribution is -0.143. The third kappa shape index (κ3) is 7.70. The van der Waals surface area contributed by atoms with Gasteiger partial charge >= 0.3 is 12.1 Å². The Balaban J connectivity index is 2.44. The van der Waals surface area contributed by atoms with Crippen molar-refractivity contribution in [2.45, 2.75) is 25.5 Å². The van der Waals surface area contributed by atoms with Crippen molar-refractivity contribution in [2.75, 3.05) is 13.7 Å². The summed E-state index contributed by atoms with van der Waals surface area (Å²) in [6, 6.07) is 8.42. The number of guanidine groups is 1. The van der Waals surface area contributed by atoms with E-state index in [1.807, 2.05) is 30.3 Å². The highest BCUT2D eigenvalue weighted by Gasteiger charge is 2.21. The zero-order valence-corrected chi connectivity index (χ0v) is 13.0. The Labute approximate surface area is 134 Å². The van der Waals surface area contributed by atoms with Crippen LogP contribution in [0.15, 0.2) is 35.3 Å². The highest BCUT2D eigenvalue weighted by atomic mass is 16.6. The highest BCUT2D eigenvalue weighted by molar-refractivity contribution is 5.81. The minimum atomic E-state index is -0.808. The summed E-state index contributed by atoms with van der Waals surface area (Å²) in [5, 5.41) is 2.48. The van der Waals surface area contributed by atoms with Gasteiger partial charge in [-0.05, 0) is 18.4 Å². The first kappa shape index (κ1) is 18.3. The fourth-order valence-electron chi connectivity index (χ4n) is 1.80. The average Bonchev–Trinajstić information content (AvgIpc) is 2.55. The number of aliphatic imine (C=N–C) groups is 1. The molecule has 126 valence electrons. The first-order valence-corrected chi connectivity index (χ1v) is 7.13. The summed E-state index contributed by atoms with van der Waals surface area (Å²) in [6.45, 7) is 0.477. The van der Waals surface area contributed by atoms with Gasteiger partial charge in [-0.1, -0.05) is 30.3 Å². The van der Waals surface area contributed by atoms with E-state index in [0.29, 0.717) is 19.4 Å². The molecule has 23 heavy (non-hydrogen) atoms. The van der Waals surface area contributed by atoms with Gasteiger partial charge in [-0.2, -0.15) is 0 Å². The summed E-state index contributed by atoms with van der Waals surface area (Å²) in [7, 11) is 1.25. The molecule has 0 spiro atoms. The Morgan fingerprint density at radius 2 is 1.96 bits per heavy atom. The maximum Gasteiger partial charge on any atom is 0.408 e. The van der Waals surface area contributed by atoms with Crippen LogP contribution in [0.3, 0.4) is 0 Å². The number of amides is 1. The molecule has 0 saturated heterocycles. The summed E-state index contributed by atoms with van der Waals surface area (Å²) in [5.74, 6) is -0.568. The van der Waals surface area contributed by atoms with E-state index in [2.05, 4.69) is 15.0 Å². The summed E-state index contributed by atoms with van der Waals surface area (Å²) in [5.41, 5.74) is 11.3. The van der Waals surface area contributed by atoms with Crippen LogP contribution < -0.4 is 16.8 Å². The molecular weight excluding hydrogens is 300 g/mol. The van der Waals surface area contributed by atoms with E-state index < -0.39 is 18.1 Å². The molecule has 0 aromatic heterocycles. The van der Waals surface area contributed by atoms with Crippen LogP contribution in [0, 0.1) is 0 Å². The number of ether oxygens (including phenoxy) is 2. The average molecular weight is 322 g/mol. The maximum absolute atomic E-state index is 11.8. The number of alkyl carbamates (subject to hydrolysis) is 1. The Morgan fingerprint density at radius 3 is 2.57 bits per heavy atom. The van der Waals surface area contributed by atoms with E-state index in [4.69, 9.17) is 16.2 Å². The first-order chi connectivity index (χ1) is 11.0. The van der Waals surface area contributed by atoms with Gasteiger partial charge in [0, 0.05) is 6.54 Å². The molecule has 0 radical (unpaired) electrons. The second kappa shape index (κ2) is 10.0. The molecule has 0 saturated carbocycles. The van der Waals surface area contributed by atoms with Crippen LogP contribution >= 0.6 is 0 Å². The van der Waals surface area contributed by atoms with E-state index in [9.17, 15) is 9.59 Å². The van der Waals surface area contributed by atoms with Crippen LogP contribution in [0.5, 0.6) is 0 Å². The molecule has 1 aromatic carbocycles. The standard InChI is InChI=1S/C15H22N4O4/c1-22-13(20)12(8-5-9-18-14(16)17)19-15(21)23-10-11-6-3-2-4-7-11/h2-4,6-7,12H,5,8-10H2,1H3,(H,19,21)(H4,16,17,18). The Bertz CT molecular complexity index is 530. The number of hydrogen-bond acceptors (Lipinski definition) is 5. The Hall–Kier alpha value is -2.77. The largest absolute Gasteiger partial charge is 0.467 e. The summed E-state index contributed by atoms with van der Waals surface area (Å²) in [4.78, 5) is 27.3. The molecule has 0 bridgehead atoms. The fourth-order valence-corrected chi connectivity index (χ4v) is 1.80. The van der Waals surface area contributed by atoms with Gasteiger partial charge in [0.25, 0.3) is 0 Å². The second-order valence-corrected chi connectivity index (χ2v) is 4.73. The SMILES string of the molecule is COC(=O)C(CCCN=C(N)N)NC(=O)OCc1ccccc1. The number of methoxy groups -OCH3 is 1. The van der Waals surface area contributed by atoms with E-state index in [1.165, 1.54) is 7.11 Å². The van der Waals surface area contributed by atoms with Gasteiger partial charge in [0.2, 0.25) is 0 Å². The number of nitrogens with one attached hydrogen (secondary N) is 1. The molecule has 1 aromatic rings. The number of carbonyl (C=O) groups excluding carboxylic acids is 2. The minimum absolute atomic E-state index is 0.0187. The molecule has 1 unspecified atom stereocenters. The van der Waals surface area contributed by atoms with Crippen molar-refractivity contribution < 1.29 is 19.1 Å². The van der Waals surface area contributed by atoms with Crippen LogP contribution in [-0.2, 0) is 20.9 Å².